The van der Waals surface area contributed by atoms with Crippen LogP contribution in [0.25, 0.3) is 0 Å². The molecular weight excluding hydrogens is 312 g/mol. The first kappa shape index (κ1) is 19.6. The Morgan fingerprint density at radius 1 is 1.21 bits per heavy atom. The Labute approximate surface area is 149 Å². The minimum absolute atomic E-state index is 0.242. The van der Waals surface area contributed by atoms with Gasteiger partial charge in [-0.25, -0.2) is 0 Å². The number of hydrogen-bond acceptors (Lipinski definition) is 2. The summed E-state index contributed by atoms with van der Waals surface area (Å²) >= 11 is 0. The van der Waals surface area contributed by atoms with Crippen molar-refractivity contribution >= 4 is 14.1 Å². The summed E-state index contributed by atoms with van der Waals surface area (Å²) in [5.41, 5.74) is 2.54. The van der Waals surface area contributed by atoms with Gasteiger partial charge in [0.25, 0.3) is 0 Å². The van der Waals surface area contributed by atoms with Crippen LogP contribution in [-0.2, 0) is 9.22 Å². The Bertz CT molecular complexity index is 510. The Kier molecular flexibility index (Phi) is 5.66. The number of carbonyl (C=O) groups excluding carboxylic acids is 1. The number of hydrogen-bond donors (Lipinski definition) is 0. The lowest BCUT2D eigenvalue weighted by Crippen LogP contribution is -2.50. The number of rotatable bonds is 6. The standard InChI is InChI=1S/C21H36O2Si/c1-14(2)24(15(3)4,16(5)6)23-13-18-10-12-20(22)21(8)17(7)9-11-19(18)21/h10,12,14-16,18-19H,7,9,11,13H2,1-6,8H3/t18-,19+,21+/m0/s1. The highest BCUT2D eigenvalue weighted by Crippen LogP contribution is 2.53. The highest BCUT2D eigenvalue weighted by Gasteiger charge is 2.52. The van der Waals surface area contributed by atoms with E-state index in [1.165, 1.54) is 0 Å². The zero-order valence-electron chi connectivity index (χ0n) is 16.7. The normalized spacial score (nSPS) is 30.8. The van der Waals surface area contributed by atoms with Crippen molar-refractivity contribution in [3.63, 3.8) is 0 Å². The molecule has 0 spiro atoms. The molecule has 2 nitrogen and oxygen atoms in total. The fourth-order valence-corrected chi connectivity index (χ4v) is 11.1. The highest BCUT2D eigenvalue weighted by molar-refractivity contribution is 6.77. The first-order valence-electron chi connectivity index (χ1n) is 9.63. The largest absolute Gasteiger partial charge is 0.415 e. The zero-order chi connectivity index (χ0) is 18.3. The molecule has 0 saturated heterocycles. The predicted molar refractivity (Wildman–Crippen MR) is 105 cm³/mol. The molecule has 0 heterocycles. The lowest BCUT2D eigenvalue weighted by molar-refractivity contribution is -0.124. The third kappa shape index (κ3) is 2.88. The monoisotopic (exact) mass is 348 g/mol. The molecule has 0 radical (unpaired) electrons. The van der Waals surface area contributed by atoms with Crippen LogP contribution in [0, 0.1) is 17.3 Å². The maximum absolute atomic E-state index is 12.5. The van der Waals surface area contributed by atoms with Gasteiger partial charge in [0, 0.05) is 12.5 Å². The summed E-state index contributed by atoms with van der Waals surface area (Å²) in [5.74, 6) is 0.946. The number of allylic oxidation sites excluding steroid dienone is 2. The van der Waals surface area contributed by atoms with Crippen molar-refractivity contribution in [2.45, 2.75) is 77.9 Å². The van der Waals surface area contributed by atoms with Crippen LogP contribution in [0.5, 0.6) is 0 Å². The van der Waals surface area contributed by atoms with E-state index in [2.05, 4.69) is 61.1 Å². The average Bonchev–Trinajstić information content (AvgIpc) is 2.79. The number of fused-ring (bicyclic) bond motifs is 1. The van der Waals surface area contributed by atoms with E-state index in [0.29, 0.717) is 28.5 Å². The number of carbonyl (C=O) groups is 1. The molecule has 0 aromatic carbocycles. The molecule has 3 heteroatoms. The van der Waals surface area contributed by atoms with E-state index in [0.717, 1.165) is 25.0 Å². The third-order valence-corrected chi connectivity index (χ3v) is 13.1. The van der Waals surface area contributed by atoms with Gasteiger partial charge in [0.1, 0.15) is 0 Å². The van der Waals surface area contributed by atoms with Crippen LogP contribution in [0.4, 0.5) is 0 Å². The molecule has 136 valence electrons. The van der Waals surface area contributed by atoms with Crippen molar-refractivity contribution in [3.05, 3.63) is 24.3 Å². The van der Waals surface area contributed by atoms with E-state index < -0.39 is 8.32 Å². The summed E-state index contributed by atoms with van der Waals surface area (Å²) in [6.07, 6.45) is 5.96. The van der Waals surface area contributed by atoms with Crippen LogP contribution >= 0.6 is 0 Å². The molecule has 0 amide bonds. The van der Waals surface area contributed by atoms with Crippen molar-refractivity contribution in [1.82, 2.24) is 0 Å². The Morgan fingerprint density at radius 2 is 1.75 bits per heavy atom. The van der Waals surface area contributed by atoms with Crippen LogP contribution in [0.15, 0.2) is 24.3 Å². The maximum Gasteiger partial charge on any atom is 0.200 e. The summed E-state index contributed by atoms with van der Waals surface area (Å²) < 4.78 is 6.82. The molecule has 0 bridgehead atoms. The van der Waals surface area contributed by atoms with E-state index >= 15 is 0 Å². The van der Waals surface area contributed by atoms with E-state index in [1.807, 2.05) is 0 Å². The van der Waals surface area contributed by atoms with Gasteiger partial charge in [0.05, 0.1) is 5.41 Å². The summed E-state index contributed by atoms with van der Waals surface area (Å²) in [4.78, 5) is 12.5. The quantitative estimate of drug-likeness (QED) is 0.441. The van der Waals surface area contributed by atoms with Gasteiger partial charge in [-0.05, 0) is 48.4 Å². The van der Waals surface area contributed by atoms with Crippen LogP contribution < -0.4 is 0 Å². The molecule has 0 N–H and O–H groups in total. The van der Waals surface area contributed by atoms with Gasteiger partial charge < -0.3 is 4.43 Å². The van der Waals surface area contributed by atoms with Crippen LogP contribution in [0.2, 0.25) is 16.6 Å². The van der Waals surface area contributed by atoms with Gasteiger partial charge >= 0.3 is 0 Å². The van der Waals surface area contributed by atoms with Crippen molar-refractivity contribution in [2.75, 3.05) is 6.61 Å². The summed E-state index contributed by atoms with van der Waals surface area (Å²) in [6.45, 7) is 21.0. The second kappa shape index (κ2) is 6.91. The van der Waals surface area contributed by atoms with Crippen LogP contribution in [0.1, 0.15) is 61.3 Å². The topological polar surface area (TPSA) is 26.3 Å². The van der Waals surface area contributed by atoms with Gasteiger partial charge in [0.15, 0.2) is 14.1 Å². The zero-order valence-corrected chi connectivity index (χ0v) is 17.7. The Morgan fingerprint density at radius 3 is 2.25 bits per heavy atom. The Balaban J connectivity index is 2.23. The lowest BCUT2D eigenvalue weighted by Gasteiger charge is -2.45. The van der Waals surface area contributed by atoms with Crippen molar-refractivity contribution in [3.8, 4) is 0 Å². The molecule has 2 aliphatic rings. The summed E-state index contributed by atoms with van der Waals surface area (Å²) in [7, 11) is -1.86. The molecule has 1 saturated carbocycles. The first-order chi connectivity index (χ1) is 11.1. The van der Waals surface area contributed by atoms with Crippen LogP contribution in [-0.4, -0.2) is 20.7 Å². The second-order valence-corrected chi connectivity index (χ2v) is 14.4. The smallest absolute Gasteiger partial charge is 0.200 e. The van der Waals surface area contributed by atoms with Crippen molar-refractivity contribution < 1.29 is 9.22 Å². The molecule has 1 fully saturated rings. The number of ketones is 1. The fraction of sp³-hybridized carbons (Fsp3) is 0.762. The maximum atomic E-state index is 12.5. The van der Waals surface area contributed by atoms with E-state index in [9.17, 15) is 4.79 Å². The summed E-state index contributed by atoms with van der Waals surface area (Å²) in [6, 6.07) is 0. The van der Waals surface area contributed by atoms with Gasteiger partial charge in [-0.1, -0.05) is 59.8 Å². The van der Waals surface area contributed by atoms with Crippen molar-refractivity contribution in [1.29, 1.82) is 0 Å². The van der Waals surface area contributed by atoms with Gasteiger partial charge in [-0.15, -0.1) is 0 Å². The van der Waals surface area contributed by atoms with E-state index in [4.69, 9.17) is 4.43 Å². The van der Waals surface area contributed by atoms with Crippen molar-refractivity contribution in [2.24, 2.45) is 17.3 Å². The molecule has 0 aromatic rings. The average molecular weight is 349 g/mol. The fourth-order valence-electron chi connectivity index (χ4n) is 5.57. The molecule has 2 aliphatic carbocycles. The molecule has 0 aromatic heterocycles. The van der Waals surface area contributed by atoms with Gasteiger partial charge in [0.2, 0.25) is 0 Å². The minimum atomic E-state index is -1.86. The van der Waals surface area contributed by atoms with Gasteiger partial charge in [-0.2, -0.15) is 0 Å². The molecule has 3 atom stereocenters. The van der Waals surface area contributed by atoms with Crippen LogP contribution in [0.3, 0.4) is 0 Å². The Hall–Kier alpha value is -0.673. The second-order valence-electron chi connectivity index (χ2n) is 8.97. The minimum Gasteiger partial charge on any atom is -0.415 e. The van der Waals surface area contributed by atoms with E-state index in [-0.39, 0.29) is 11.2 Å². The molecule has 24 heavy (non-hydrogen) atoms. The highest BCUT2D eigenvalue weighted by atomic mass is 28.4. The molecule has 0 unspecified atom stereocenters. The third-order valence-electron chi connectivity index (χ3n) is 6.99. The lowest BCUT2D eigenvalue weighted by atomic mass is 9.66. The van der Waals surface area contributed by atoms with Gasteiger partial charge in [-0.3, -0.25) is 4.79 Å². The molecule has 0 aliphatic heterocycles. The molecule has 2 rings (SSSR count). The molecular formula is C21H36O2Si. The summed E-state index contributed by atoms with van der Waals surface area (Å²) in [5, 5.41) is 0. The van der Waals surface area contributed by atoms with E-state index in [1.54, 1.807) is 6.08 Å². The SMILES string of the molecule is C=C1CC[C@@H]2[C@H](CO[Si](C(C)C)(C(C)C)C(C)C)C=CC(=O)[C@]12C. The predicted octanol–water partition coefficient (Wildman–Crippen LogP) is 5.91. The first-order valence-corrected chi connectivity index (χ1v) is 11.8.